The average Bonchev–Trinajstić information content (AvgIpc) is 3.04. The van der Waals surface area contributed by atoms with Crippen molar-refractivity contribution in [1.82, 2.24) is 10.5 Å². The van der Waals surface area contributed by atoms with Crippen LogP contribution in [0.2, 0.25) is 0 Å². The van der Waals surface area contributed by atoms with Crippen molar-refractivity contribution in [3.63, 3.8) is 0 Å². The van der Waals surface area contributed by atoms with E-state index >= 15 is 0 Å². The summed E-state index contributed by atoms with van der Waals surface area (Å²) >= 11 is 1.48. The highest BCUT2D eigenvalue weighted by Crippen LogP contribution is 2.40. The molecule has 1 saturated carbocycles. The average molecular weight is 348 g/mol. The molecule has 1 aliphatic carbocycles. The van der Waals surface area contributed by atoms with Gasteiger partial charge >= 0.3 is 0 Å². The summed E-state index contributed by atoms with van der Waals surface area (Å²) in [4.78, 5) is 16.0. The topological polar surface area (TPSA) is 82.5 Å². The Balaban J connectivity index is 1.89. The predicted octanol–water partition coefficient (Wildman–Crippen LogP) is 2.77. The van der Waals surface area contributed by atoms with Crippen molar-refractivity contribution in [2.45, 2.75) is 57.0 Å². The predicted molar refractivity (Wildman–Crippen MR) is 81.4 cm³/mol. The van der Waals surface area contributed by atoms with E-state index in [1.807, 2.05) is 5.38 Å². The second-order valence-electron chi connectivity index (χ2n) is 6.18. The summed E-state index contributed by atoms with van der Waals surface area (Å²) < 4.78 is 26.5. The number of alkyl halides is 2. The van der Waals surface area contributed by atoms with Gasteiger partial charge in [0.05, 0.1) is 17.3 Å². The van der Waals surface area contributed by atoms with Crippen LogP contribution in [0, 0.1) is 11.8 Å². The fraction of sp³-hybridized carbons (Fsp3) is 0.733. The van der Waals surface area contributed by atoms with E-state index in [0.29, 0.717) is 12.8 Å². The molecule has 1 fully saturated rings. The molecule has 0 bridgehead atoms. The van der Waals surface area contributed by atoms with Crippen LogP contribution in [0.25, 0.3) is 0 Å². The number of carbonyl (C=O) groups is 1. The minimum Gasteiger partial charge on any atom is -0.393 e. The van der Waals surface area contributed by atoms with E-state index in [2.05, 4.69) is 4.98 Å². The van der Waals surface area contributed by atoms with Crippen LogP contribution in [0.1, 0.15) is 44.2 Å². The van der Waals surface area contributed by atoms with Crippen molar-refractivity contribution in [2.75, 3.05) is 0 Å². The van der Waals surface area contributed by atoms with Gasteiger partial charge in [0.1, 0.15) is 0 Å². The Morgan fingerprint density at radius 1 is 1.48 bits per heavy atom. The maximum absolute atomic E-state index is 13.3. The summed E-state index contributed by atoms with van der Waals surface area (Å²) in [5.74, 6) is -4.16. The number of carbonyl (C=O) groups excluding carboxylic acids is 1. The van der Waals surface area contributed by atoms with Crippen molar-refractivity contribution in [3.05, 3.63) is 16.6 Å². The van der Waals surface area contributed by atoms with Gasteiger partial charge in [-0.3, -0.25) is 10.0 Å². The number of halogens is 2. The van der Waals surface area contributed by atoms with Crippen molar-refractivity contribution < 1.29 is 23.9 Å². The van der Waals surface area contributed by atoms with E-state index in [9.17, 15) is 18.7 Å². The van der Waals surface area contributed by atoms with Crippen LogP contribution >= 0.6 is 11.3 Å². The summed E-state index contributed by atoms with van der Waals surface area (Å²) in [6.45, 7) is 0. The third kappa shape index (κ3) is 5.47. The van der Waals surface area contributed by atoms with Gasteiger partial charge in [-0.1, -0.05) is 0 Å². The van der Waals surface area contributed by atoms with Crippen molar-refractivity contribution in [1.29, 1.82) is 0 Å². The molecule has 3 N–H and O–H groups in total. The van der Waals surface area contributed by atoms with Crippen LogP contribution in [0.3, 0.4) is 0 Å². The van der Waals surface area contributed by atoms with Gasteiger partial charge < -0.3 is 5.11 Å². The Bertz CT molecular complexity index is 489. The number of rotatable bonds is 7. The van der Waals surface area contributed by atoms with Crippen molar-refractivity contribution in [3.8, 4) is 0 Å². The zero-order chi connectivity index (χ0) is 16.9. The molecule has 2 unspecified atom stereocenters. The van der Waals surface area contributed by atoms with Gasteiger partial charge in [0.15, 0.2) is 0 Å². The van der Waals surface area contributed by atoms with E-state index in [4.69, 9.17) is 5.21 Å². The number of hydrogen-bond acceptors (Lipinski definition) is 5. The number of aliphatic hydroxyl groups excluding tert-OH is 1. The number of aryl methyl sites for hydroxylation is 1. The van der Waals surface area contributed by atoms with Gasteiger partial charge in [0, 0.05) is 24.1 Å². The Morgan fingerprint density at radius 2 is 2.17 bits per heavy atom. The molecule has 23 heavy (non-hydrogen) atoms. The number of hydroxylamine groups is 1. The Kier molecular flexibility index (Phi) is 6.43. The molecule has 1 heterocycles. The minimum atomic E-state index is -2.67. The maximum atomic E-state index is 13.3. The van der Waals surface area contributed by atoms with E-state index in [0.717, 1.165) is 5.69 Å². The first-order valence-electron chi connectivity index (χ1n) is 7.78. The molecule has 2 rings (SSSR count). The fourth-order valence-corrected chi connectivity index (χ4v) is 3.74. The molecule has 0 saturated heterocycles. The Labute approximate surface area is 137 Å². The summed E-state index contributed by atoms with van der Waals surface area (Å²) in [7, 11) is 0. The van der Waals surface area contributed by atoms with Crippen LogP contribution < -0.4 is 5.48 Å². The summed E-state index contributed by atoms with van der Waals surface area (Å²) in [5.41, 5.74) is 4.21. The molecule has 1 aliphatic rings. The van der Waals surface area contributed by atoms with Gasteiger partial charge in [-0.2, -0.15) is 0 Å². The lowest BCUT2D eigenvalue weighted by Crippen LogP contribution is -2.38. The van der Waals surface area contributed by atoms with Crippen LogP contribution in [-0.2, 0) is 11.2 Å². The lowest BCUT2D eigenvalue weighted by molar-refractivity contribution is -0.139. The van der Waals surface area contributed by atoms with Gasteiger partial charge in [0.2, 0.25) is 11.8 Å². The van der Waals surface area contributed by atoms with E-state index in [-0.39, 0.29) is 38.0 Å². The van der Waals surface area contributed by atoms with E-state index in [1.54, 1.807) is 11.0 Å². The smallest absolute Gasteiger partial charge is 0.248 e. The lowest BCUT2D eigenvalue weighted by atomic mass is 9.76. The highest BCUT2D eigenvalue weighted by Gasteiger charge is 2.40. The zero-order valence-electron chi connectivity index (χ0n) is 12.8. The third-order valence-corrected chi connectivity index (χ3v) is 5.16. The normalized spacial score (nSPS) is 20.9. The molecule has 1 aromatic rings. The quantitative estimate of drug-likeness (QED) is 0.523. The van der Waals surface area contributed by atoms with Crippen LogP contribution in [-0.4, -0.2) is 33.2 Å². The molecular formula is C15H22F2N2O3S. The van der Waals surface area contributed by atoms with Crippen LogP contribution in [0.4, 0.5) is 8.78 Å². The van der Waals surface area contributed by atoms with Crippen LogP contribution in [0.15, 0.2) is 10.9 Å². The molecule has 8 heteroatoms. The zero-order valence-corrected chi connectivity index (χ0v) is 13.6. The molecule has 0 aromatic carbocycles. The Hall–Kier alpha value is -1.12. The molecule has 1 aromatic heterocycles. The summed E-state index contributed by atoms with van der Waals surface area (Å²) in [6.07, 6.45) is 0.425. The first-order valence-corrected chi connectivity index (χ1v) is 8.72. The molecular weight excluding hydrogens is 326 g/mol. The highest BCUT2D eigenvalue weighted by atomic mass is 32.1. The highest BCUT2D eigenvalue weighted by molar-refractivity contribution is 7.07. The monoisotopic (exact) mass is 348 g/mol. The number of aromatic nitrogens is 1. The number of aliphatic hydroxyl groups is 1. The van der Waals surface area contributed by atoms with Gasteiger partial charge in [0.25, 0.3) is 0 Å². The second-order valence-corrected chi connectivity index (χ2v) is 6.90. The summed E-state index contributed by atoms with van der Waals surface area (Å²) in [6, 6.07) is 0. The molecule has 0 radical (unpaired) electrons. The van der Waals surface area contributed by atoms with E-state index in [1.165, 1.54) is 11.3 Å². The largest absolute Gasteiger partial charge is 0.393 e. The second kappa shape index (κ2) is 8.12. The number of hydrogen-bond donors (Lipinski definition) is 3. The maximum Gasteiger partial charge on any atom is 0.248 e. The number of nitrogens with one attached hydrogen (secondary N) is 1. The first-order chi connectivity index (χ1) is 10.9. The first kappa shape index (κ1) is 18.2. The van der Waals surface area contributed by atoms with Gasteiger partial charge in [-0.15, -0.1) is 11.3 Å². The standard InChI is InChI=1S/C15H22F2N2O3S/c16-15(17)5-3-10(4-6-15)13(14(21)19-22)7-12(20)2-1-11-8-23-9-18-11/h8-10,12-13,20,22H,1-7H2,(H,19,21). The number of amides is 1. The number of nitrogens with zero attached hydrogens (tertiary/aromatic N) is 1. The molecule has 0 spiro atoms. The lowest BCUT2D eigenvalue weighted by Gasteiger charge is -2.33. The molecule has 1 amide bonds. The molecule has 0 aliphatic heterocycles. The fourth-order valence-electron chi connectivity index (χ4n) is 3.15. The molecule has 130 valence electrons. The SMILES string of the molecule is O=C(NO)C(CC(O)CCc1cscn1)C1CCC(F)(F)CC1. The van der Waals surface area contributed by atoms with Gasteiger partial charge in [-0.05, 0) is 38.0 Å². The van der Waals surface area contributed by atoms with Gasteiger partial charge in [-0.25, -0.2) is 19.2 Å². The minimum absolute atomic E-state index is 0.159. The van der Waals surface area contributed by atoms with Crippen LogP contribution in [0.5, 0.6) is 0 Å². The number of thiazole rings is 1. The Morgan fingerprint density at radius 3 is 2.74 bits per heavy atom. The summed E-state index contributed by atoms with van der Waals surface area (Å²) in [5, 5.41) is 21.0. The van der Waals surface area contributed by atoms with Crippen molar-refractivity contribution in [2.24, 2.45) is 11.8 Å². The van der Waals surface area contributed by atoms with E-state index < -0.39 is 23.9 Å². The molecule has 2 atom stereocenters. The van der Waals surface area contributed by atoms with Crippen molar-refractivity contribution >= 4 is 17.2 Å². The molecule has 5 nitrogen and oxygen atoms in total. The third-order valence-electron chi connectivity index (χ3n) is 4.52.